The number of carbonyl (C=O) groups is 2. The fraction of sp³-hybridized carbons (Fsp3) is 0.500. The van der Waals surface area contributed by atoms with E-state index in [0.29, 0.717) is 23.7 Å². The SMILES string of the molecule is CCOC(=O)c1c(NC(=O)CN2CCN(c3cc(Cl)ccc3C)CC2)sc2c1CCCC2. The molecule has 1 amide bonds. The minimum atomic E-state index is -0.326. The molecule has 1 aromatic heterocycles. The van der Waals surface area contributed by atoms with Crippen molar-refractivity contribution >= 4 is 45.5 Å². The zero-order chi connectivity index (χ0) is 22.7. The lowest BCUT2D eigenvalue weighted by Crippen LogP contribution is -2.48. The van der Waals surface area contributed by atoms with E-state index in [-0.39, 0.29) is 11.9 Å². The topological polar surface area (TPSA) is 61.9 Å². The number of anilines is 2. The Kier molecular flexibility index (Phi) is 7.38. The lowest BCUT2D eigenvalue weighted by Gasteiger charge is -2.36. The van der Waals surface area contributed by atoms with Crippen LogP contribution in [-0.2, 0) is 22.4 Å². The highest BCUT2D eigenvalue weighted by atomic mass is 35.5. The largest absolute Gasteiger partial charge is 0.462 e. The highest BCUT2D eigenvalue weighted by Gasteiger charge is 2.28. The second-order valence-electron chi connectivity index (χ2n) is 8.38. The second kappa shape index (κ2) is 10.2. The molecule has 8 heteroatoms. The fourth-order valence-corrected chi connectivity index (χ4v) is 5.97. The lowest BCUT2D eigenvalue weighted by atomic mass is 9.95. The number of amides is 1. The van der Waals surface area contributed by atoms with Gasteiger partial charge in [-0.15, -0.1) is 11.3 Å². The van der Waals surface area contributed by atoms with Crippen LogP contribution < -0.4 is 10.2 Å². The van der Waals surface area contributed by atoms with Gasteiger partial charge in [0.05, 0.1) is 18.7 Å². The summed E-state index contributed by atoms with van der Waals surface area (Å²) in [5.74, 6) is -0.408. The molecule has 0 saturated carbocycles. The molecular formula is C24H30ClN3O3S. The molecule has 0 bridgehead atoms. The average molecular weight is 476 g/mol. The van der Waals surface area contributed by atoms with Crippen LogP contribution in [0.4, 0.5) is 10.7 Å². The van der Waals surface area contributed by atoms with Gasteiger partial charge in [0.15, 0.2) is 0 Å². The van der Waals surface area contributed by atoms with E-state index in [1.54, 1.807) is 6.92 Å². The van der Waals surface area contributed by atoms with Crippen LogP contribution in [0.5, 0.6) is 0 Å². The minimum absolute atomic E-state index is 0.0819. The Morgan fingerprint density at radius 2 is 1.91 bits per heavy atom. The van der Waals surface area contributed by atoms with Crippen molar-refractivity contribution in [3.63, 3.8) is 0 Å². The Morgan fingerprint density at radius 1 is 1.16 bits per heavy atom. The Bertz CT molecular complexity index is 999. The molecular weight excluding hydrogens is 446 g/mol. The molecule has 4 rings (SSSR count). The minimum Gasteiger partial charge on any atom is -0.462 e. The number of thiophene rings is 1. The van der Waals surface area contributed by atoms with Gasteiger partial charge in [-0.25, -0.2) is 4.79 Å². The van der Waals surface area contributed by atoms with E-state index >= 15 is 0 Å². The first-order chi connectivity index (χ1) is 15.5. The normalized spacial score (nSPS) is 16.5. The summed E-state index contributed by atoms with van der Waals surface area (Å²) in [6.07, 6.45) is 4.04. The lowest BCUT2D eigenvalue weighted by molar-refractivity contribution is -0.117. The molecule has 1 aliphatic carbocycles. The van der Waals surface area contributed by atoms with E-state index in [1.165, 1.54) is 21.8 Å². The first-order valence-corrected chi connectivity index (χ1v) is 12.5. The second-order valence-corrected chi connectivity index (χ2v) is 9.92. The summed E-state index contributed by atoms with van der Waals surface area (Å²) in [5, 5.41) is 4.41. The van der Waals surface area contributed by atoms with Gasteiger partial charge in [0.2, 0.25) is 5.91 Å². The zero-order valence-corrected chi connectivity index (χ0v) is 20.3. The third-order valence-electron chi connectivity index (χ3n) is 6.16. The third kappa shape index (κ3) is 5.11. The number of benzene rings is 1. The Hall–Kier alpha value is -2.09. The van der Waals surface area contributed by atoms with Gasteiger partial charge in [-0.05, 0) is 62.8 Å². The highest BCUT2D eigenvalue weighted by Crippen LogP contribution is 2.38. The molecule has 32 heavy (non-hydrogen) atoms. The van der Waals surface area contributed by atoms with Crippen molar-refractivity contribution in [2.24, 2.45) is 0 Å². The monoisotopic (exact) mass is 475 g/mol. The number of hydrogen-bond donors (Lipinski definition) is 1. The number of carbonyl (C=O) groups excluding carboxylic acids is 2. The molecule has 1 aromatic carbocycles. The van der Waals surface area contributed by atoms with Crippen LogP contribution in [0.15, 0.2) is 18.2 Å². The molecule has 0 spiro atoms. The van der Waals surface area contributed by atoms with Gasteiger partial charge in [0.1, 0.15) is 5.00 Å². The summed E-state index contributed by atoms with van der Waals surface area (Å²) in [5.41, 5.74) is 4.00. The van der Waals surface area contributed by atoms with E-state index in [4.69, 9.17) is 16.3 Å². The van der Waals surface area contributed by atoms with Crippen molar-refractivity contribution in [2.75, 3.05) is 49.5 Å². The predicted octanol–water partition coefficient (Wildman–Crippen LogP) is 4.53. The van der Waals surface area contributed by atoms with Crippen molar-refractivity contribution in [1.82, 2.24) is 4.90 Å². The van der Waals surface area contributed by atoms with Crippen LogP contribution in [0.2, 0.25) is 5.02 Å². The molecule has 0 unspecified atom stereocenters. The standard InChI is InChI=1S/C24H30ClN3O3S/c1-3-31-24(30)22-18-6-4-5-7-20(18)32-23(22)26-21(29)15-27-10-12-28(13-11-27)19-14-17(25)9-8-16(19)2/h8-9,14H,3-7,10-13,15H2,1-2H3,(H,26,29). The summed E-state index contributed by atoms with van der Waals surface area (Å²) in [4.78, 5) is 31.1. The Morgan fingerprint density at radius 3 is 2.66 bits per heavy atom. The molecule has 0 atom stereocenters. The van der Waals surface area contributed by atoms with Crippen LogP contribution >= 0.6 is 22.9 Å². The number of esters is 1. The van der Waals surface area contributed by atoms with E-state index < -0.39 is 0 Å². The molecule has 1 fully saturated rings. The van der Waals surface area contributed by atoms with Crippen LogP contribution in [0.3, 0.4) is 0 Å². The number of halogens is 1. The number of nitrogens with zero attached hydrogens (tertiary/aromatic N) is 2. The summed E-state index contributed by atoms with van der Waals surface area (Å²) in [7, 11) is 0. The van der Waals surface area contributed by atoms with Gasteiger partial charge in [0.25, 0.3) is 0 Å². The quantitative estimate of drug-likeness (QED) is 0.622. The van der Waals surface area contributed by atoms with Crippen molar-refractivity contribution < 1.29 is 14.3 Å². The fourth-order valence-electron chi connectivity index (χ4n) is 4.51. The zero-order valence-electron chi connectivity index (χ0n) is 18.7. The number of fused-ring (bicyclic) bond motifs is 1. The summed E-state index contributed by atoms with van der Waals surface area (Å²) in [6.45, 7) is 7.81. The van der Waals surface area contributed by atoms with Gasteiger partial charge in [0, 0.05) is 41.8 Å². The van der Waals surface area contributed by atoms with E-state index in [0.717, 1.165) is 68.1 Å². The molecule has 2 heterocycles. The van der Waals surface area contributed by atoms with Gasteiger partial charge in [-0.3, -0.25) is 9.69 Å². The molecule has 2 aliphatic rings. The van der Waals surface area contributed by atoms with E-state index in [1.807, 2.05) is 18.2 Å². The molecule has 1 aliphatic heterocycles. The Balaban J connectivity index is 1.38. The molecule has 0 radical (unpaired) electrons. The van der Waals surface area contributed by atoms with Crippen LogP contribution in [0, 0.1) is 6.92 Å². The highest BCUT2D eigenvalue weighted by molar-refractivity contribution is 7.17. The first-order valence-electron chi connectivity index (χ1n) is 11.3. The van der Waals surface area contributed by atoms with Crippen molar-refractivity contribution in [2.45, 2.75) is 39.5 Å². The number of nitrogens with one attached hydrogen (secondary N) is 1. The maximum atomic E-state index is 12.8. The van der Waals surface area contributed by atoms with E-state index in [2.05, 4.69) is 22.0 Å². The van der Waals surface area contributed by atoms with Gasteiger partial charge in [-0.1, -0.05) is 17.7 Å². The number of aryl methyl sites for hydroxylation is 2. The number of ether oxygens (including phenoxy) is 1. The summed E-state index contributed by atoms with van der Waals surface area (Å²) >= 11 is 7.72. The van der Waals surface area contributed by atoms with E-state index in [9.17, 15) is 9.59 Å². The van der Waals surface area contributed by atoms with Gasteiger partial charge in [-0.2, -0.15) is 0 Å². The first kappa shape index (κ1) is 23.1. The molecule has 1 saturated heterocycles. The van der Waals surface area contributed by atoms with Crippen LogP contribution in [0.25, 0.3) is 0 Å². The maximum Gasteiger partial charge on any atom is 0.341 e. The Labute approximate surface area is 198 Å². The summed E-state index contributed by atoms with van der Waals surface area (Å²) < 4.78 is 5.29. The third-order valence-corrected chi connectivity index (χ3v) is 7.60. The smallest absolute Gasteiger partial charge is 0.341 e. The maximum absolute atomic E-state index is 12.8. The summed E-state index contributed by atoms with van der Waals surface area (Å²) in [6, 6.07) is 5.96. The molecule has 6 nitrogen and oxygen atoms in total. The molecule has 2 aromatic rings. The van der Waals surface area contributed by atoms with Crippen LogP contribution in [0.1, 0.15) is 46.1 Å². The van der Waals surface area contributed by atoms with Crippen molar-refractivity contribution in [1.29, 1.82) is 0 Å². The number of rotatable bonds is 6. The van der Waals surface area contributed by atoms with Gasteiger partial charge >= 0.3 is 5.97 Å². The van der Waals surface area contributed by atoms with Crippen LogP contribution in [-0.4, -0.2) is 56.1 Å². The predicted molar refractivity (Wildman–Crippen MR) is 130 cm³/mol. The number of hydrogen-bond acceptors (Lipinski definition) is 6. The molecule has 172 valence electrons. The van der Waals surface area contributed by atoms with Gasteiger partial charge < -0.3 is 15.0 Å². The molecule has 1 N–H and O–H groups in total. The van der Waals surface area contributed by atoms with Crippen molar-refractivity contribution in [3.05, 3.63) is 44.8 Å². The van der Waals surface area contributed by atoms with Crippen molar-refractivity contribution in [3.8, 4) is 0 Å². The number of piperazine rings is 1. The average Bonchev–Trinajstić information content (AvgIpc) is 3.14.